The number of amides is 1. The fourth-order valence-electron chi connectivity index (χ4n) is 2.55. The molecule has 0 spiro atoms. The van der Waals surface area contributed by atoms with Crippen molar-refractivity contribution >= 4 is 11.9 Å². The highest BCUT2D eigenvalue weighted by Crippen LogP contribution is 2.42. The molecule has 2 atom stereocenters. The minimum Gasteiger partial charge on any atom is -0.467 e. The van der Waals surface area contributed by atoms with Crippen molar-refractivity contribution < 1.29 is 31.9 Å². The largest absolute Gasteiger partial charge is 0.467 e. The van der Waals surface area contributed by atoms with E-state index >= 15 is 0 Å². The third-order valence-electron chi connectivity index (χ3n) is 3.50. The smallest absolute Gasteiger partial charge is 0.413 e. The van der Waals surface area contributed by atoms with Crippen molar-refractivity contribution in [2.45, 2.75) is 31.1 Å². The highest BCUT2D eigenvalue weighted by molar-refractivity contribution is 5.88. The summed E-state index contributed by atoms with van der Waals surface area (Å²) in [5.41, 5.74) is -0.307. The Balaban J connectivity index is 2.46. The minimum atomic E-state index is -4.80. The molecule has 0 aliphatic carbocycles. The van der Waals surface area contributed by atoms with E-state index in [1.165, 1.54) is 0 Å². The molecule has 22 heavy (non-hydrogen) atoms. The Morgan fingerprint density at radius 3 is 2.41 bits per heavy atom. The first-order chi connectivity index (χ1) is 10.3. The van der Waals surface area contributed by atoms with E-state index in [1.807, 2.05) is 0 Å². The van der Waals surface area contributed by atoms with E-state index in [0.29, 0.717) is 4.90 Å². The van der Waals surface area contributed by atoms with Crippen LogP contribution >= 0.6 is 0 Å². The summed E-state index contributed by atoms with van der Waals surface area (Å²) in [6, 6.07) is 0.0473. The molecule has 1 fully saturated rings. The van der Waals surface area contributed by atoms with Crippen molar-refractivity contribution in [1.29, 1.82) is 0 Å². The van der Waals surface area contributed by atoms with E-state index in [-0.39, 0.29) is 18.4 Å². The van der Waals surface area contributed by atoms with Crippen LogP contribution in [-0.4, -0.2) is 36.1 Å². The lowest BCUT2D eigenvalue weighted by molar-refractivity contribution is -0.196. The molecule has 1 aliphatic heterocycles. The number of halogens is 4. The van der Waals surface area contributed by atoms with Gasteiger partial charge >= 0.3 is 12.1 Å². The fourth-order valence-corrected chi connectivity index (χ4v) is 2.55. The van der Waals surface area contributed by atoms with Crippen LogP contribution in [0, 0.1) is 5.82 Å². The van der Waals surface area contributed by atoms with Crippen molar-refractivity contribution in [2.24, 2.45) is 0 Å². The Labute approximate surface area is 123 Å². The molecule has 1 amide bonds. The van der Waals surface area contributed by atoms with Crippen LogP contribution in [0.25, 0.3) is 0 Å². The summed E-state index contributed by atoms with van der Waals surface area (Å²) in [6.07, 6.45) is -5.02. The zero-order valence-electron chi connectivity index (χ0n) is 11.6. The SMILES string of the molecule is COC(=O)C1CCC(=O)N1C(c1ccc(F)cc1)C(F)(F)F. The molecule has 1 aliphatic rings. The lowest BCUT2D eigenvalue weighted by Crippen LogP contribution is -2.47. The molecule has 0 aromatic heterocycles. The molecule has 1 saturated heterocycles. The zero-order valence-corrected chi connectivity index (χ0v) is 11.6. The predicted molar refractivity (Wildman–Crippen MR) is 67.1 cm³/mol. The van der Waals surface area contributed by atoms with Crippen LogP contribution in [0.4, 0.5) is 17.6 Å². The summed E-state index contributed by atoms with van der Waals surface area (Å²) in [6.45, 7) is 0. The number of ether oxygens (including phenoxy) is 1. The molecule has 0 N–H and O–H groups in total. The van der Waals surface area contributed by atoms with E-state index in [1.54, 1.807) is 0 Å². The van der Waals surface area contributed by atoms with E-state index in [4.69, 9.17) is 0 Å². The highest BCUT2D eigenvalue weighted by Gasteiger charge is 2.52. The topological polar surface area (TPSA) is 46.6 Å². The summed E-state index contributed by atoms with van der Waals surface area (Å²) in [5.74, 6) is -2.38. The van der Waals surface area contributed by atoms with Crippen LogP contribution in [0.15, 0.2) is 24.3 Å². The molecule has 120 valence electrons. The molecule has 4 nitrogen and oxygen atoms in total. The first-order valence-electron chi connectivity index (χ1n) is 6.47. The predicted octanol–water partition coefficient (Wildman–Crippen LogP) is 2.59. The molecule has 0 radical (unpaired) electrons. The number of esters is 1. The number of carbonyl (C=O) groups excluding carboxylic acids is 2. The summed E-state index contributed by atoms with van der Waals surface area (Å²) in [4.78, 5) is 24.0. The van der Waals surface area contributed by atoms with Crippen molar-refractivity contribution in [3.8, 4) is 0 Å². The van der Waals surface area contributed by atoms with Crippen LogP contribution in [0.3, 0.4) is 0 Å². The van der Waals surface area contributed by atoms with Crippen LogP contribution in [0.1, 0.15) is 24.4 Å². The van der Waals surface area contributed by atoms with E-state index < -0.39 is 36.0 Å². The highest BCUT2D eigenvalue weighted by atomic mass is 19.4. The maximum atomic E-state index is 13.4. The van der Waals surface area contributed by atoms with Gasteiger partial charge in [-0.15, -0.1) is 0 Å². The number of hydrogen-bond acceptors (Lipinski definition) is 3. The average Bonchev–Trinajstić information content (AvgIpc) is 2.81. The van der Waals surface area contributed by atoms with Crippen LogP contribution in [-0.2, 0) is 14.3 Å². The Morgan fingerprint density at radius 2 is 1.91 bits per heavy atom. The van der Waals surface area contributed by atoms with Gasteiger partial charge in [0.2, 0.25) is 5.91 Å². The average molecular weight is 319 g/mol. The molecule has 0 bridgehead atoms. The number of nitrogens with zero attached hydrogens (tertiary/aromatic N) is 1. The van der Waals surface area contributed by atoms with Crippen molar-refractivity contribution in [2.75, 3.05) is 7.11 Å². The van der Waals surface area contributed by atoms with Crippen LogP contribution in [0.5, 0.6) is 0 Å². The van der Waals surface area contributed by atoms with Gasteiger partial charge in [0.05, 0.1) is 7.11 Å². The van der Waals surface area contributed by atoms with Gasteiger partial charge in [-0.25, -0.2) is 9.18 Å². The Hall–Kier alpha value is -2.12. The molecule has 0 saturated carbocycles. The third-order valence-corrected chi connectivity index (χ3v) is 3.50. The molecule has 1 aromatic carbocycles. The summed E-state index contributed by atoms with van der Waals surface area (Å²) >= 11 is 0. The summed E-state index contributed by atoms with van der Waals surface area (Å²) in [7, 11) is 1.05. The second-order valence-corrected chi connectivity index (χ2v) is 4.87. The maximum absolute atomic E-state index is 13.4. The van der Waals surface area contributed by atoms with Gasteiger partial charge in [-0.3, -0.25) is 4.79 Å². The number of carbonyl (C=O) groups is 2. The number of rotatable bonds is 3. The third kappa shape index (κ3) is 3.05. The molecule has 2 rings (SSSR count). The van der Waals surface area contributed by atoms with Gasteiger partial charge in [0.15, 0.2) is 6.04 Å². The fraction of sp³-hybridized carbons (Fsp3) is 0.429. The molecule has 2 unspecified atom stereocenters. The maximum Gasteiger partial charge on any atom is 0.413 e. The molecular formula is C14H13F4NO3. The first-order valence-corrected chi connectivity index (χ1v) is 6.47. The second-order valence-electron chi connectivity index (χ2n) is 4.87. The first kappa shape index (κ1) is 16.3. The lowest BCUT2D eigenvalue weighted by Gasteiger charge is -2.33. The number of hydrogen-bond donors (Lipinski definition) is 0. The second kappa shape index (κ2) is 5.94. The lowest BCUT2D eigenvalue weighted by atomic mass is 10.0. The number of alkyl halides is 3. The number of likely N-dealkylation sites (tertiary alicyclic amines) is 1. The summed E-state index contributed by atoms with van der Waals surface area (Å²) in [5, 5.41) is 0. The monoisotopic (exact) mass is 319 g/mol. The Kier molecular flexibility index (Phi) is 4.39. The van der Waals surface area contributed by atoms with Gasteiger partial charge in [-0.2, -0.15) is 13.2 Å². The van der Waals surface area contributed by atoms with E-state index in [0.717, 1.165) is 31.4 Å². The van der Waals surface area contributed by atoms with Gasteiger partial charge in [0, 0.05) is 6.42 Å². The Morgan fingerprint density at radius 1 is 1.32 bits per heavy atom. The molecule has 1 aromatic rings. The quantitative estimate of drug-likeness (QED) is 0.635. The normalized spacial score (nSPS) is 20.1. The van der Waals surface area contributed by atoms with Crippen molar-refractivity contribution in [1.82, 2.24) is 4.90 Å². The van der Waals surface area contributed by atoms with Crippen molar-refractivity contribution in [3.05, 3.63) is 35.6 Å². The van der Waals surface area contributed by atoms with Gasteiger partial charge in [0.25, 0.3) is 0 Å². The van der Waals surface area contributed by atoms with Crippen LogP contribution < -0.4 is 0 Å². The molecule has 1 heterocycles. The van der Waals surface area contributed by atoms with Crippen LogP contribution in [0.2, 0.25) is 0 Å². The molecule has 8 heteroatoms. The minimum absolute atomic E-state index is 0.0424. The van der Waals surface area contributed by atoms with Gasteiger partial charge in [-0.1, -0.05) is 12.1 Å². The Bertz CT molecular complexity index is 570. The standard InChI is InChI=1S/C14H13F4NO3/c1-22-13(21)10-6-7-11(20)19(10)12(14(16,17)18)8-2-4-9(15)5-3-8/h2-5,10,12H,6-7H2,1H3. The number of benzene rings is 1. The van der Waals surface area contributed by atoms with E-state index in [2.05, 4.69) is 4.74 Å². The van der Waals surface area contributed by atoms with E-state index in [9.17, 15) is 27.2 Å². The van der Waals surface area contributed by atoms with Crippen molar-refractivity contribution in [3.63, 3.8) is 0 Å². The van der Waals surface area contributed by atoms with Gasteiger partial charge in [0.1, 0.15) is 11.9 Å². The van der Waals surface area contributed by atoms with Gasteiger partial charge in [-0.05, 0) is 24.1 Å². The molecular weight excluding hydrogens is 306 g/mol. The summed E-state index contributed by atoms with van der Waals surface area (Å²) < 4.78 is 57.7. The zero-order chi connectivity index (χ0) is 16.5. The number of methoxy groups -OCH3 is 1. The van der Waals surface area contributed by atoms with Gasteiger partial charge < -0.3 is 9.64 Å².